The first kappa shape index (κ1) is 73.0. The van der Waals surface area contributed by atoms with Crippen LogP contribution in [0, 0.1) is 0 Å². The van der Waals surface area contributed by atoms with Crippen molar-refractivity contribution in [2.75, 3.05) is 19.8 Å². The molecule has 0 aromatic rings. The highest BCUT2D eigenvalue weighted by molar-refractivity contribution is 5.76. The van der Waals surface area contributed by atoms with E-state index in [-0.39, 0.29) is 18.9 Å². The van der Waals surface area contributed by atoms with E-state index >= 15 is 0 Å². The first-order valence-corrected chi connectivity index (χ1v) is 30.6. The van der Waals surface area contributed by atoms with E-state index in [4.69, 9.17) is 18.9 Å². The molecular weight excluding hydrogens is 1030 g/mol. The van der Waals surface area contributed by atoms with Crippen LogP contribution in [-0.2, 0) is 23.7 Å². The maximum atomic E-state index is 13.2. The number of nitrogens with one attached hydrogen (secondary N) is 1. The molecule has 12 unspecified atom stereocenters. The van der Waals surface area contributed by atoms with Crippen LogP contribution in [0.15, 0.2) is 146 Å². The molecule has 2 aliphatic heterocycles. The van der Waals surface area contributed by atoms with Crippen molar-refractivity contribution in [2.24, 2.45) is 0 Å². The van der Waals surface area contributed by atoms with Crippen LogP contribution in [0.4, 0.5) is 0 Å². The van der Waals surface area contributed by atoms with E-state index in [2.05, 4.69) is 147 Å². The van der Waals surface area contributed by atoms with E-state index in [0.717, 1.165) is 83.5 Å². The van der Waals surface area contributed by atoms with Crippen molar-refractivity contribution < 1.29 is 64.6 Å². The lowest BCUT2D eigenvalue weighted by Gasteiger charge is -2.46. The normalized spacial score (nSPS) is 25.2. The van der Waals surface area contributed by atoms with E-state index in [1.807, 2.05) is 12.2 Å². The van der Waals surface area contributed by atoms with Crippen LogP contribution >= 0.6 is 0 Å². The third-order valence-corrected chi connectivity index (χ3v) is 13.7. The SMILES string of the molecule is CC/C=C\C/C=C\C/C=C\C/C=C\C/C=C\C/C=C\C/C=C\C/C=C\C/C=C\CCCC(=O)NC(COC1OC(CO)C(OC2OC(CO)C(O)C(O)C2O)C(O)C1O)C(O)/C=C/CC/C=C/CC/C=C/CCCCCCCCCC. The molecule has 2 rings (SSSR count). The number of ether oxygens (including phenoxy) is 4. The van der Waals surface area contributed by atoms with Gasteiger partial charge < -0.3 is 65.1 Å². The number of rotatable bonds is 46. The average molecular weight is 1130 g/mol. The summed E-state index contributed by atoms with van der Waals surface area (Å²) >= 11 is 0. The number of aliphatic hydroxyl groups is 8. The molecule has 0 spiro atoms. The number of carbonyl (C=O) groups excluding carboxylic acids is 1. The lowest BCUT2D eigenvalue weighted by Crippen LogP contribution is -2.65. The third-order valence-electron chi connectivity index (χ3n) is 13.7. The first-order valence-electron chi connectivity index (χ1n) is 30.6. The topological polar surface area (TPSA) is 228 Å². The van der Waals surface area contributed by atoms with Crippen molar-refractivity contribution in [2.45, 2.75) is 248 Å². The van der Waals surface area contributed by atoms with Crippen LogP contribution in [0.25, 0.3) is 0 Å². The molecular formula is C67H107NO13. The summed E-state index contributed by atoms with van der Waals surface area (Å²) in [6.45, 7) is 2.59. The Bertz CT molecular complexity index is 1910. The van der Waals surface area contributed by atoms with Gasteiger partial charge in [0.25, 0.3) is 0 Å². The van der Waals surface area contributed by atoms with Crippen molar-refractivity contribution in [3.8, 4) is 0 Å². The lowest BCUT2D eigenvalue weighted by molar-refractivity contribution is -0.359. The third kappa shape index (κ3) is 35.6. The fourth-order valence-corrected chi connectivity index (χ4v) is 8.85. The van der Waals surface area contributed by atoms with E-state index in [1.54, 1.807) is 6.08 Å². The Kier molecular flexibility index (Phi) is 45.4. The zero-order chi connectivity index (χ0) is 58.8. The maximum Gasteiger partial charge on any atom is 0.220 e. The monoisotopic (exact) mass is 1130 g/mol. The van der Waals surface area contributed by atoms with Crippen molar-refractivity contribution in [3.63, 3.8) is 0 Å². The van der Waals surface area contributed by atoms with Gasteiger partial charge in [-0.2, -0.15) is 0 Å². The number of hydrogen-bond donors (Lipinski definition) is 9. The predicted octanol–water partition coefficient (Wildman–Crippen LogP) is 10.9. The second-order valence-corrected chi connectivity index (χ2v) is 20.7. The molecule has 0 radical (unpaired) electrons. The highest BCUT2D eigenvalue weighted by Gasteiger charge is 2.51. The molecule has 2 heterocycles. The van der Waals surface area contributed by atoms with E-state index in [9.17, 15) is 45.6 Å². The van der Waals surface area contributed by atoms with Gasteiger partial charge in [-0.3, -0.25) is 4.79 Å². The zero-order valence-corrected chi connectivity index (χ0v) is 49.2. The molecule has 2 aliphatic rings. The summed E-state index contributed by atoms with van der Waals surface area (Å²) in [7, 11) is 0. The molecule has 12 atom stereocenters. The minimum absolute atomic E-state index is 0.179. The summed E-state index contributed by atoms with van der Waals surface area (Å²) < 4.78 is 22.7. The second kappa shape index (κ2) is 50.4. The fourth-order valence-electron chi connectivity index (χ4n) is 8.85. The molecule has 9 N–H and O–H groups in total. The van der Waals surface area contributed by atoms with Crippen molar-refractivity contribution >= 4 is 5.91 Å². The van der Waals surface area contributed by atoms with Crippen LogP contribution in [0.3, 0.4) is 0 Å². The quantitative estimate of drug-likeness (QED) is 0.0204. The molecule has 0 aromatic heterocycles. The van der Waals surface area contributed by atoms with Gasteiger partial charge in [0.05, 0.1) is 32.0 Å². The van der Waals surface area contributed by atoms with E-state index in [0.29, 0.717) is 19.3 Å². The van der Waals surface area contributed by atoms with Crippen molar-refractivity contribution in [1.82, 2.24) is 5.32 Å². The number of hydrogen-bond acceptors (Lipinski definition) is 13. The van der Waals surface area contributed by atoms with Gasteiger partial charge in [-0.1, -0.05) is 205 Å². The van der Waals surface area contributed by atoms with Gasteiger partial charge in [0.15, 0.2) is 12.6 Å². The van der Waals surface area contributed by atoms with Crippen LogP contribution in [-0.4, -0.2) is 140 Å². The van der Waals surface area contributed by atoms with Crippen molar-refractivity contribution in [1.29, 1.82) is 0 Å². The first-order chi connectivity index (χ1) is 39.6. The highest BCUT2D eigenvalue weighted by atomic mass is 16.7. The molecule has 14 heteroatoms. The Hall–Kier alpha value is -4.13. The van der Waals surface area contributed by atoms with Gasteiger partial charge >= 0.3 is 0 Å². The molecule has 81 heavy (non-hydrogen) atoms. The Morgan fingerprint density at radius 3 is 1.36 bits per heavy atom. The van der Waals surface area contributed by atoms with Gasteiger partial charge in [-0.05, 0) is 109 Å². The van der Waals surface area contributed by atoms with Crippen LogP contribution < -0.4 is 5.32 Å². The fraction of sp³-hybridized carbons (Fsp3) is 0.627. The Morgan fingerprint density at radius 1 is 0.457 bits per heavy atom. The molecule has 2 fully saturated rings. The number of aliphatic hydroxyl groups excluding tert-OH is 8. The van der Waals surface area contributed by atoms with Crippen molar-refractivity contribution in [3.05, 3.63) is 146 Å². The Morgan fingerprint density at radius 2 is 0.864 bits per heavy atom. The smallest absolute Gasteiger partial charge is 0.220 e. The minimum atomic E-state index is -1.81. The molecule has 0 bridgehead atoms. The summed E-state index contributed by atoms with van der Waals surface area (Å²) in [4.78, 5) is 13.2. The average Bonchev–Trinajstić information content (AvgIpc) is 3.47. The zero-order valence-electron chi connectivity index (χ0n) is 49.2. The molecule has 0 aliphatic carbocycles. The molecule has 2 saturated heterocycles. The van der Waals surface area contributed by atoms with Crippen LogP contribution in [0.1, 0.15) is 174 Å². The summed E-state index contributed by atoms with van der Waals surface area (Å²) in [6, 6.07) is -0.981. The summed E-state index contributed by atoms with van der Waals surface area (Å²) in [5.74, 6) is -0.318. The molecule has 458 valence electrons. The van der Waals surface area contributed by atoms with Crippen LogP contribution in [0.2, 0.25) is 0 Å². The van der Waals surface area contributed by atoms with Gasteiger partial charge in [0.2, 0.25) is 5.91 Å². The molecule has 0 saturated carbocycles. The maximum absolute atomic E-state index is 13.2. The van der Waals surface area contributed by atoms with Gasteiger partial charge in [-0.15, -0.1) is 0 Å². The Labute approximate surface area is 487 Å². The number of amides is 1. The Balaban J connectivity index is 1.81. The van der Waals surface area contributed by atoms with Crippen LogP contribution in [0.5, 0.6) is 0 Å². The molecule has 14 nitrogen and oxygen atoms in total. The number of carbonyl (C=O) groups is 1. The van der Waals surface area contributed by atoms with E-state index < -0.39 is 86.8 Å². The standard InChI is InChI=1S/C67H107NO13/c1-3-5-7-9-11-13-15-17-19-21-23-24-25-26-27-28-29-30-31-32-33-35-37-39-41-43-45-47-49-51-59(72)68-55(56(71)50-48-46-44-42-40-38-36-34-22-20-18-16-14-12-10-8-6-4-2)54-78-66-64(77)62(75)65(58(53-70)80-66)81-67-63(76)61(74)60(73)57(52-69)79-67/h5,7,11,13,17,19,22-24,26-27,29-30,32-34,37,39-40,42-43,45,48,50,55-58,60-67,69-71,73-77H,3-4,6,8-10,12,14-16,18,20-21,25,28,31,35-36,38,41,44,46-47,49,51-54H2,1-2H3,(H,68,72)/b7-5-,13-11-,19-17-,24-23-,27-26-,30-29-,33-32-,34-22+,39-37-,42-40+,45-43-,50-48+. The van der Waals surface area contributed by atoms with Gasteiger partial charge in [0.1, 0.15) is 48.8 Å². The summed E-state index contributed by atoms with van der Waals surface area (Å²) in [5, 5.41) is 87.0. The van der Waals surface area contributed by atoms with E-state index in [1.165, 1.54) is 51.4 Å². The lowest BCUT2D eigenvalue weighted by atomic mass is 9.97. The summed E-state index contributed by atoms with van der Waals surface area (Å²) in [6.07, 6.45) is 58.9. The number of allylic oxidation sites excluding steroid dienone is 23. The predicted molar refractivity (Wildman–Crippen MR) is 327 cm³/mol. The minimum Gasteiger partial charge on any atom is -0.394 e. The molecule has 0 aromatic carbocycles. The van der Waals surface area contributed by atoms with Gasteiger partial charge in [0, 0.05) is 6.42 Å². The highest BCUT2D eigenvalue weighted by Crippen LogP contribution is 2.30. The number of unbranched alkanes of at least 4 members (excludes halogenated alkanes) is 11. The van der Waals surface area contributed by atoms with Gasteiger partial charge in [-0.25, -0.2) is 0 Å². The second-order valence-electron chi connectivity index (χ2n) is 20.7. The summed E-state index contributed by atoms with van der Waals surface area (Å²) in [5.41, 5.74) is 0. The molecule has 1 amide bonds. The largest absolute Gasteiger partial charge is 0.394 e.